The lowest BCUT2D eigenvalue weighted by Crippen LogP contribution is -2.32. The minimum atomic E-state index is -0.430. The molecule has 0 aliphatic rings. The van der Waals surface area contributed by atoms with Gasteiger partial charge < -0.3 is 20.1 Å². The van der Waals surface area contributed by atoms with Gasteiger partial charge in [-0.15, -0.1) is 0 Å². The third-order valence-corrected chi connectivity index (χ3v) is 3.32. The van der Waals surface area contributed by atoms with Crippen LogP contribution in [0.5, 0.6) is 11.5 Å². The number of carbonyl (C=O) groups is 1. The van der Waals surface area contributed by atoms with Crippen molar-refractivity contribution in [2.24, 2.45) is 0 Å². The Labute approximate surface area is 136 Å². The number of hydrogen-bond donors (Lipinski definition) is 2. The van der Waals surface area contributed by atoms with E-state index in [1.54, 1.807) is 14.0 Å². The molecule has 23 heavy (non-hydrogen) atoms. The highest BCUT2D eigenvalue weighted by Crippen LogP contribution is 2.26. The van der Waals surface area contributed by atoms with Crippen molar-refractivity contribution >= 4 is 17.3 Å². The van der Waals surface area contributed by atoms with Crippen molar-refractivity contribution in [3.63, 3.8) is 0 Å². The zero-order valence-corrected chi connectivity index (χ0v) is 13.6. The molecule has 0 spiro atoms. The standard InChI is InChI=1S/C18H22N2O3/c1-4-23-17-12-8-6-10-15(17)20-18(21)13(2)19-14-9-5-7-11-16(14)22-3/h5-13,19H,4H2,1-3H3,(H,20,21)/t13-/m0/s1. The monoisotopic (exact) mass is 314 g/mol. The summed E-state index contributed by atoms with van der Waals surface area (Å²) in [5.74, 6) is 1.21. The maximum atomic E-state index is 12.4. The highest BCUT2D eigenvalue weighted by atomic mass is 16.5. The first-order chi connectivity index (χ1) is 11.2. The number of ether oxygens (including phenoxy) is 2. The number of hydrogen-bond acceptors (Lipinski definition) is 4. The number of para-hydroxylation sites is 4. The van der Waals surface area contributed by atoms with Gasteiger partial charge in [-0.1, -0.05) is 24.3 Å². The van der Waals surface area contributed by atoms with Crippen LogP contribution in [0.4, 0.5) is 11.4 Å². The predicted molar refractivity (Wildman–Crippen MR) is 92.3 cm³/mol. The molecular formula is C18H22N2O3. The Morgan fingerprint density at radius 2 is 1.65 bits per heavy atom. The quantitative estimate of drug-likeness (QED) is 0.821. The van der Waals surface area contributed by atoms with Gasteiger partial charge in [0.1, 0.15) is 17.5 Å². The lowest BCUT2D eigenvalue weighted by molar-refractivity contribution is -0.116. The second-order valence-corrected chi connectivity index (χ2v) is 4.98. The minimum Gasteiger partial charge on any atom is -0.495 e. The number of amides is 1. The largest absolute Gasteiger partial charge is 0.495 e. The first-order valence-corrected chi connectivity index (χ1v) is 7.58. The molecule has 0 radical (unpaired) electrons. The lowest BCUT2D eigenvalue weighted by Gasteiger charge is -2.18. The molecule has 0 aliphatic heterocycles. The number of benzene rings is 2. The summed E-state index contributed by atoms with van der Waals surface area (Å²) in [4.78, 5) is 12.4. The van der Waals surface area contributed by atoms with Gasteiger partial charge in [0.25, 0.3) is 0 Å². The van der Waals surface area contributed by atoms with Crippen LogP contribution in [0, 0.1) is 0 Å². The summed E-state index contributed by atoms with van der Waals surface area (Å²) in [6.45, 7) is 4.25. The fourth-order valence-electron chi connectivity index (χ4n) is 2.15. The molecule has 2 rings (SSSR count). The highest BCUT2D eigenvalue weighted by molar-refractivity contribution is 5.97. The van der Waals surface area contributed by atoms with Crippen LogP contribution in [0.3, 0.4) is 0 Å². The zero-order valence-electron chi connectivity index (χ0n) is 13.6. The van der Waals surface area contributed by atoms with Crippen molar-refractivity contribution in [2.75, 3.05) is 24.4 Å². The van der Waals surface area contributed by atoms with Crippen LogP contribution in [-0.2, 0) is 4.79 Å². The highest BCUT2D eigenvalue weighted by Gasteiger charge is 2.16. The van der Waals surface area contributed by atoms with E-state index in [1.165, 1.54) is 0 Å². The Balaban J connectivity index is 2.06. The first kappa shape index (κ1) is 16.7. The SMILES string of the molecule is CCOc1ccccc1NC(=O)[C@H](C)Nc1ccccc1OC. The van der Waals surface area contributed by atoms with Gasteiger partial charge in [0, 0.05) is 0 Å². The van der Waals surface area contributed by atoms with Crippen LogP contribution >= 0.6 is 0 Å². The van der Waals surface area contributed by atoms with E-state index >= 15 is 0 Å². The van der Waals surface area contributed by atoms with Crippen molar-refractivity contribution in [1.82, 2.24) is 0 Å². The number of rotatable bonds is 7. The van der Waals surface area contributed by atoms with E-state index in [4.69, 9.17) is 9.47 Å². The Morgan fingerprint density at radius 3 is 2.30 bits per heavy atom. The van der Waals surface area contributed by atoms with Crippen molar-refractivity contribution < 1.29 is 14.3 Å². The summed E-state index contributed by atoms with van der Waals surface area (Å²) in [6.07, 6.45) is 0. The molecule has 2 N–H and O–H groups in total. The summed E-state index contributed by atoms with van der Waals surface area (Å²) in [5, 5.41) is 6.04. The van der Waals surface area contributed by atoms with Gasteiger partial charge in [0.15, 0.2) is 0 Å². The summed E-state index contributed by atoms with van der Waals surface area (Å²) < 4.78 is 10.8. The Morgan fingerprint density at radius 1 is 1.04 bits per heavy atom. The maximum absolute atomic E-state index is 12.4. The Kier molecular flexibility index (Phi) is 5.86. The van der Waals surface area contributed by atoms with Crippen molar-refractivity contribution in [3.8, 4) is 11.5 Å². The smallest absolute Gasteiger partial charge is 0.246 e. The van der Waals surface area contributed by atoms with Gasteiger partial charge in [-0.25, -0.2) is 0 Å². The zero-order chi connectivity index (χ0) is 16.7. The first-order valence-electron chi connectivity index (χ1n) is 7.58. The molecule has 0 saturated heterocycles. The molecule has 1 amide bonds. The van der Waals surface area contributed by atoms with Crippen LogP contribution in [0.2, 0.25) is 0 Å². The third-order valence-electron chi connectivity index (χ3n) is 3.32. The van der Waals surface area contributed by atoms with Gasteiger partial charge in [0.2, 0.25) is 5.91 Å². The van der Waals surface area contributed by atoms with Gasteiger partial charge in [-0.05, 0) is 38.1 Å². The molecule has 1 atom stereocenters. The number of anilines is 2. The van der Waals surface area contributed by atoms with Crippen LogP contribution in [0.15, 0.2) is 48.5 Å². The molecule has 0 saturated carbocycles. The van der Waals surface area contributed by atoms with E-state index in [2.05, 4.69) is 10.6 Å². The molecule has 5 heteroatoms. The topological polar surface area (TPSA) is 59.6 Å². The van der Waals surface area contributed by atoms with Gasteiger partial charge in [0.05, 0.1) is 25.1 Å². The molecule has 0 heterocycles. The van der Waals surface area contributed by atoms with Crippen LogP contribution in [0.1, 0.15) is 13.8 Å². The second kappa shape index (κ2) is 8.08. The molecule has 0 aliphatic carbocycles. The van der Waals surface area contributed by atoms with Crippen LogP contribution in [-0.4, -0.2) is 25.7 Å². The maximum Gasteiger partial charge on any atom is 0.246 e. The average Bonchev–Trinajstić information content (AvgIpc) is 2.57. The number of nitrogens with one attached hydrogen (secondary N) is 2. The summed E-state index contributed by atoms with van der Waals surface area (Å²) in [6, 6.07) is 14.4. The van der Waals surface area contributed by atoms with Crippen LogP contribution in [0.25, 0.3) is 0 Å². The van der Waals surface area contributed by atoms with Gasteiger partial charge in [-0.2, -0.15) is 0 Å². The molecular weight excluding hydrogens is 292 g/mol. The van der Waals surface area contributed by atoms with Crippen molar-refractivity contribution in [3.05, 3.63) is 48.5 Å². The molecule has 0 bridgehead atoms. The Bertz CT molecular complexity index is 658. The lowest BCUT2D eigenvalue weighted by atomic mass is 10.2. The van der Waals surface area contributed by atoms with E-state index in [0.717, 1.165) is 5.69 Å². The van der Waals surface area contributed by atoms with Crippen molar-refractivity contribution in [2.45, 2.75) is 19.9 Å². The van der Waals surface area contributed by atoms with E-state index in [-0.39, 0.29) is 5.91 Å². The van der Waals surface area contributed by atoms with E-state index in [0.29, 0.717) is 23.8 Å². The summed E-state index contributed by atoms with van der Waals surface area (Å²) in [5.41, 5.74) is 1.43. The van der Waals surface area contributed by atoms with Crippen LogP contribution < -0.4 is 20.1 Å². The fraction of sp³-hybridized carbons (Fsp3) is 0.278. The molecule has 5 nitrogen and oxygen atoms in total. The average molecular weight is 314 g/mol. The molecule has 2 aromatic rings. The fourth-order valence-corrected chi connectivity index (χ4v) is 2.15. The van der Waals surface area contributed by atoms with Gasteiger partial charge in [-0.3, -0.25) is 4.79 Å². The molecule has 122 valence electrons. The van der Waals surface area contributed by atoms with Gasteiger partial charge >= 0.3 is 0 Å². The van der Waals surface area contributed by atoms with E-state index in [9.17, 15) is 4.79 Å². The molecule has 0 unspecified atom stereocenters. The Hall–Kier alpha value is -2.69. The molecule has 2 aromatic carbocycles. The predicted octanol–water partition coefficient (Wildman–Crippen LogP) is 3.53. The minimum absolute atomic E-state index is 0.150. The third kappa shape index (κ3) is 4.39. The van der Waals surface area contributed by atoms with Crippen molar-refractivity contribution in [1.29, 1.82) is 0 Å². The second-order valence-electron chi connectivity index (χ2n) is 4.98. The normalized spacial score (nSPS) is 11.4. The van der Waals surface area contributed by atoms with E-state index in [1.807, 2.05) is 55.5 Å². The molecule has 0 fully saturated rings. The number of carbonyl (C=O) groups excluding carboxylic acids is 1. The summed E-state index contributed by atoms with van der Waals surface area (Å²) in [7, 11) is 1.60. The number of methoxy groups -OCH3 is 1. The molecule has 0 aromatic heterocycles. The summed E-state index contributed by atoms with van der Waals surface area (Å²) >= 11 is 0. The van der Waals surface area contributed by atoms with E-state index < -0.39 is 6.04 Å².